The first-order valence-corrected chi connectivity index (χ1v) is 3.87. The summed E-state index contributed by atoms with van der Waals surface area (Å²) >= 11 is 0. The molecular weight excluding hydrogens is 124 g/mol. The van der Waals surface area contributed by atoms with Gasteiger partial charge in [0.05, 0.1) is 0 Å². The molecular formula is C8H20N2. The molecule has 10 heavy (non-hydrogen) atoms. The standard InChI is InChI=1S/C8H20N2/c1-6(2)7(10)8(3,4)5-9/h6-7H,5,9-10H2,1-4H3. The van der Waals surface area contributed by atoms with Crippen molar-refractivity contribution in [3.8, 4) is 0 Å². The summed E-state index contributed by atoms with van der Waals surface area (Å²) in [5, 5.41) is 0. The second-order valence-corrected chi connectivity index (χ2v) is 3.96. The molecule has 0 aliphatic heterocycles. The molecule has 0 aromatic carbocycles. The maximum Gasteiger partial charge on any atom is 0.0125 e. The average molecular weight is 144 g/mol. The summed E-state index contributed by atoms with van der Waals surface area (Å²) in [6, 6.07) is 0.206. The van der Waals surface area contributed by atoms with E-state index in [1.807, 2.05) is 0 Å². The van der Waals surface area contributed by atoms with Gasteiger partial charge in [0.25, 0.3) is 0 Å². The molecule has 1 unspecified atom stereocenters. The Labute approximate surface area is 64.0 Å². The molecule has 0 amide bonds. The van der Waals surface area contributed by atoms with E-state index in [0.717, 1.165) is 0 Å². The molecule has 62 valence electrons. The van der Waals surface area contributed by atoms with Gasteiger partial charge < -0.3 is 11.5 Å². The summed E-state index contributed by atoms with van der Waals surface area (Å²) in [5.41, 5.74) is 11.6. The van der Waals surface area contributed by atoms with Gasteiger partial charge in [-0.15, -0.1) is 0 Å². The summed E-state index contributed by atoms with van der Waals surface area (Å²) in [7, 11) is 0. The lowest BCUT2D eigenvalue weighted by molar-refractivity contribution is 0.242. The number of rotatable bonds is 3. The van der Waals surface area contributed by atoms with Gasteiger partial charge in [-0.05, 0) is 17.9 Å². The van der Waals surface area contributed by atoms with E-state index in [2.05, 4.69) is 27.7 Å². The Balaban J connectivity index is 4.03. The first-order valence-electron chi connectivity index (χ1n) is 3.87. The minimum absolute atomic E-state index is 0.0775. The van der Waals surface area contributed by atoms with Gasteiger partial charge in [-0.3, -0.25) is 0 Å². The highest BCUT2D eigenvalue weighted by atomic mass is 14.7. The zero-order valence-corrected chi connectivity index (χ0v) is 7.52. The van der Waals surface area contributed by atoms with Crippen LogP contribution in [0.5, 0.6) is 0 Å². The minimum Gasteiger partial charge on any atom is -0.330 e. The van der Waals surface area contributed by atoms with Crippen LogP contribution in [0.4, 0.5) is 0 Å². The molecule has 1 atom stereocenters. The molecule has 0 aromatic heterocycles. The van der Waals surface area contributed by atoms with E-state index in [9.17, 15) is 0 Å². The Morgan fingerprint density at radius 3 is 1.80 bits per heavy atom. The second-order valence-electron chi connectivity index (χ2n) is 3.96. The lowest BCUT2D eigenvalue weighted by Crippen LogP contribution is -2.45. The fourth-order valence-electron chi connectivity index (χ4n) is 1.04. The van der Waals surface area contributed by atoms with E-state index in [-0.39, 0.29) is 11.5 Å². The molecule has 0 aliphatic rings. The van der Waals surface area contributed by atoms with Crippen LogP contribution in [0.1, 0.15) is 27.7 Å². The van der Waals surface area contributed by atoms with Gasteiger partial charge in [0.1, 0.15) is 0 Å². The Bertz CT molecular complexity index is 97.4. The van der Waals surface area contributed by atoms with Crippen LogP contribution in [0.15, 0.2) is 0 Å². The highest BCUT2D eigenvalue weighted by molar-refractivity contribution is 4.83. The maximum atomic E-state index is 5.92. The predicted molar refractivity (Wildman–Crippen MR) is 45.6 cm³/mol. The van der Waals surface area contributed by atoms with Crippen LogP contribution < -0.4 is 11.5 Å². The SMILES string of the molecule is CC(C)C(N)C(C)(C)CN. The van der Waals surface area contributed by atoms with Crippen molar-refractivity contribution >= 4 is 0 Å². The molecule has 4 N–H and O–H groups in total. The number of hydrogen-bond donors (Lipinski definition) is 2. The Morgan fingerprint density at radius 2 is 1.70 bits per heavy atom. The largest absolute Gasteiger partial charge is 0.330 e. The van der Waals surface area contributed by atoms with E-state index in [1.54, 1.807) is 0 Å². The highest BCUT2D eigenvalue weighted by Crippen LogP contribution is 2.22. The molecule has 0 spiro atoms. The molecule has 0 saturated carbocycles. The van der Waals surface area contributed by atoms with Gasteiger partial charge in [0.2, 0.25) is 0 Å². The Kier molecular flexibility index (Phi) is 3.33. The van der Waals surface area contributed by atoms with Crippen LogP contribution in [0.2, 0.25) is 0 Å². The molecule has 0 fully saturated rings. The molecule has 0 heterocycles. The molecule has 2 nitrogen and oxygen atoms in total. The normalized spacial score (nSPS) is 15.9. The van der Waals surface area contributed by atoms with Crippen molar-refractivity contribution in [2.45, 2.75) is 33.7 Å². The molecule has 0 aliphatic carbocycles. The molecule has 0 saturated heterocycles. The van der Waals surface area contributed by atoms with Crippen LogP contribution in [0, 0.1) is 11.3 Å². The first-order chi connectivity index (χ1) is 4.41. The molecule has 0 aromatic rings. The van der Waals surface area contributed by atoms with Gasteiger partial charge in [-0.1, -0.05) is 27.7 Å². The van der Waals surface area contributed by atoms with Crippen molar-refractivity contribution in [2.75, 3.05) is 6.54 Å². The third-order valence-corrected chi connectivity index (χ3v) is 2.15. The Hall–Kier alpha value is -0.0800. The monoisotopic (exact) mass is 144 g/mol. The van der Waals surface area contributed by atoms with Crippen molar-refractivity contribution < 1.29 is 0 Å². The number of hydrogen-bond acceptors (Lipinski definition) is 2. The molecule has 0 radical (unpaired) electrons. The zero-order chi connectivity index (χ0) is 8.36. The van der Waals surface area contributed by atoms with E-state index in [0.29, 0.717) is 12.5 Å². The van der Waals surface area contributed by atoms with Crippen LogP contribution in [-0.2, 0) is 0 Å². The predicted octanol–water partition coefficient (Wildman–Crippen LogP) is 0.955. The van der Waals surface area contributed by atoms with Gasteiger partial charge in [-0.2, -0.15) is 0 Å². The van der Waals surface area contributed by atoms with Crippen molar-refractivity contribution in [1.29, 1.82) is 0 Å². The highest BCUT2D eigenvalue weighted by Gasteiger charge is 2.26. The van der Waals surface area contributed by atoms with Crippen LogP contribution in [0.3, 0.4) is 0 Å². The average Bonchev–Trinajstić information content (AvgIpc) is 1.86. The summed E-state index contributed by atoms with van der Waals surface area (Å²) in [5.74, 6) is 0.513. The second kappa shape index (κ2) is 3.35. The van der Waals surface area contributed by atoms with Crippen molar-refractivity contribution in [1.82, 2.24) is 0 Å². The first kappa shape index (κ1) is 9.92. The van der Waals surface area contributed by atoms with Gasteiger partial charge >= 0.3 is 0 Å². The molecule has 2 heteroatoms. The van der Waals surface area contributed by atoms with Gasteiger partial charge in [0.15, 0.2) is 0 Å². The fourth-order valence-corrected chi connectivity index (χ4v) is 1.04. The number of nitrogens with two attached hydrogens (primary N) is 2. The lowest BCUT2D eigenvalue weighted by Gasteiger charge is -2.32. The lowest BCUT2D eigenvalue weighted by atomic mass is 9.79. The zero-order valence-electron chi connectivity index (χ0n) is 7.52. The smallest absolute Gasteiger partial charge is 0.0125 e. The van der Waals surface area contributed by atoms with Crippen molar-refractivity contribution in [3.63, 3.8) is 0 Å². The van der Waals surface area contributed by atoms with Gasteiger partial charge in [0, 0.05) is 6.04 Å². The summed E-state index contributed by atoms with van der Waals surface area (Å²) in [6.07, 6.45) is 0. The fraction of sp³-hybridized carbons (Fsp3) is 1.00. The van der Waals surface area contributed by atoms with Crippen LogP contribution in [-0.4, -0.2) is 12.6 Å². The topological polar surface area (TPSA) is 52.0 Å². The van der Waals surface area contributed by atoms with E-state index >= 15 is 0 Å². The van der Waals surface area contributed by atoms with Gasteiger partial charge in [-0.25, -0.2) is 0 Å². The molecule has 0 rings (SSSR count). The summed E-state index contributed by atoms with van der Waals surface area (Å²) in [6.45, 7) is 9.13. The van der Waals surface area contributed by atoms with Crippen LogP contribution >= 0.6 is 0 Å². The van der Waals surface area contributed by atoms with Crippen LogP contribution in [0.25, 0.3) is 0 Å². The quantitative estimate of drug-likeness (QED) is 0.619. The third kappa shape index (κ3) is 2.27. The third-order valence-electron chi connectivity index (χ3n) is 2.15. The Morgan fingerprint density at radius 1 is 1.30 bits per heavy atom. The maximum absolute atomic E-state index is 5.92. The summed E-state index contributed by atoms with van der Waals surface area (Å²) in [4.78, 5) is 0. The van der Waals surface area contributed by atoms with Crippen molar-refractivity contribution in [2.24, 2.45) is 22.8 Å². The van der Waals surface area contributed by atoms with Crippen molar-refractivity contribution in [3.05, 3.63) is 0 Å². The molecule has 0 bridgehead atoms. The van der Waals surface area contributed by atoms with E-state index < -0.39 is 0 Å². The van der Waals surface area contributed by atoms with E-state index in [1.165, 1.54) is 0 Å². The summed E-state index contributed by atoms with van der Waals surface area (Å²) < 4.78 is 0. The van der Waals surface area contributed by atoms with E-state index in [4.69, 9.17) is 11.5 Å². The minimum atomic E-state index is 0.0775.